The van der Waals surface area contributed by atoms with Crippen LogP contribution in [0.4, 0.5) is 16.2 Å². The first kappa shape index (κ1) is 30.5. The van der Waals surface area contributed by atoms with Crippen LogP contribution in [0.3, 0.4) is 0 Å². The number of benzene rings is 2. The number of methoxy groups -OCH3 is 1. The first-order valence-electron chi connectivity index (χ1n) is 15.0. The van der Waals surface area contributed by atoms with Crippen molar-refractivity contribution >= 4 is 34.6 Å². The van der Waals surface area contributed by atoms with Gasteiger partial charge in [0.25, 0.3) is 0 Å². The van der Waals surface area contributed by atoms with E-state index in [1.807, 2.05) is 31.7 Å². The van der Waals surface area contributed by atoms with Crippen molar-refractivity contribution in [3.8, 4) is 17.1 Å². The minimum absolute atomic E-state index is 0.00378. The maximum Gasteiger partial charge on any atom is 0.410 e. The summed E-state index contributed by atoms with van der Waals surface area (Å²) >= 11 is 0. The largest absolute Gasteiger partial charge is 0.467 e. The van der Waals surface area contributed by atoms with E-state index < -0.39 is 5.60 Å². The van der Waals surface area contributed by atoms with E-state index in [0.717, 1.165) is 46.3 Å². The molecule has 10 heteroatoms. The lowest BCUT2D eigenvalue weighted by Gasteiger charge is -2.45. The molecule has 2 aromatic carbocycles. The second-order valence-electron chi connectivity index (χ2n) is 12.7. The normalized spacial score (nSPS) is 19.6. The average molecular weight is 589 g/mol. The molecule has 2 fully saturated rings. The lowest BCUT2D eigenvalue weighted by Crippen LogP contribution is -2.59. The SMILES string of the molecule is CN=Cc1cc(-c2nc(C3CCC3)c3cc(N4C[C@@H](C)N(C(=O)OC(C)(C)C)[C@@H](C)C4)ccc3n2)c(OCOC)cc1N. The van der Waals surface area contributed by atoms with Crippen LogP contribution in [0, 0.1) is 0 Å². The number of nitrogen functional groups attached to an aromatic ring is 1. The van der Waals surface area contributed by atoms with Crippen molar-refractivity contribution in [2.24, 2.45) is 4.99 Å². The Labute approximate surface area is 254 Å². The molecular weight excluding hydrogens is 544 g/mol. The summed E-state index contributed by atoms with van der Waals surface area (Å²) in [7, 11) is 3.30. The van der Waals surface area contributed by atoms with E-state index in [9.17, 15) is 4.79 Å². The summed E-state index contributed by atoms with van der Waals surface area (Å²) in [6, 6.07) is 10.1. The highest BCUT2D eigenvalue weighted by atomic mass is 16.7. The Morgan fingerprint density at radius 1 is 1.12 bits per heavy atom. The number of hydrogen-bond acceptors (Lipinski definition) is 9. The van der Waals surface area contributed by atoms with Gasteiger partial charge < -0.3 is 24.8 Å². The van der Waals surface area contributed by atoms with E-state index in [2.05, 4.69) is 41.9 Å². The minimum atomic E-state index is -0.531. The monoisotopic (exact) mass is 588 g/mol. The second kappa shape index (κ2) is 12.4. The molecule has 2 heterocycles. The van der Waals surface area contributed by atoms with Gasteiger partial charge in [0.15, 0.2) is 12.6 Å². The van der Waals surface area contributed by atoms with Gasteiger partial charge in [0, 0.05) is 67.8 Å². The highest BCUT2D eigenvalue weighted by molar-refractivity contribution is 5.92. The van der Waals surface area contributed by atoms with Crippen LogP contribution in [-0.4, -0.2) is 78.9 Å². The van der Waals surface area contributed by atoms with Crippen molar-refractivity contribution in [3.63, 3.8) is 0 Å². The maximum absolute atomic E-state index is 13.0. The number of nitrogens with zero attached hydrogens (tertiary/aromatic N) is 5. The number of nitrogens with two attached hydrogens (primary N) is 1. The van der Waals surface area contributed by atoms with Gasteiger partial charge >= 0.3 is 6.09 Å². The van der Waals surface area contributed by atoms with Crippen LogP contribution < -0.4 is 15.4 Å². The number of amides is 1. The van der Waals surface area contributed by atoms with Crippen molar-refractivity contribution in [2.75, 3.05) is 44.7 Å². The summed E-state index contributed by atoms with van der Waals surface area (Å²) in [6.45, 7) is 11.4. The van der Waals surface area contributed by atoms with E-state index in [-0.39, 0.29) is 25.0 Å². The summed E-state index contributed by atoms with van der Waals surface area (Å²) < 4.78 is 16.8. The number of hydrogen-bond donors (Lipinski definition) is 1. The summed E-state index contributed by atoms with van der Waals surface area (Å²) in [5.74, 6) is 1.52. The van der Waals surface area contributed by atoms with Crippen molar-refractivity contribution in [3.05, 3.63) is 41.6 Å². The van der Waals surface area contributed by atoms with Crippen molar-refractivity contribution in [1.29, 1.82) is 0 Å². The number of carbonyl (C=O) groups excluding carboxylic acids is 1. The predicted molar refractivity (Wildman–Crippen MR) is 171 cm³/mol. The predicted octanol–water partition coefficient (Wildman–Crippen LogP) is 6.01. The fraction of sp³-hybridized carbons (Fsp3) is 0.515. The fourth-order valence-corrected chi connectivity index (χ4v) is 5.94. The fourth-order valence-electron chi connectivity index (χ4n) is 5.94. The average Bonchev–Trinajstić information content (AvgIpc) is 2.90. The molecule has 1 aliphatic heterocycles. The highest BCUT2D eigenvalue weighted by Gasteiger charge is 2.36. The second-order valence-corrected chi connectivity index (χ2v) is 12.7. The molecule has 2 aliphatic rings. The number of piperazine rings is 1. The number of rotatable bonds is 7. The molecule has 3 aromatic rings. The van der Waals surface area contributed by atoms with Crippen LogP contribution in [0.25, 0.3) is 22.3 Å². The minimum Gasteiger partial charge on any atom is -0.467 e. The highest BCUT2D eigenvalue weighted by Crippen LogP contribution is 2.41. The number of ether oxygens (including phenoxy) is 3. The molecule has 43 heavy (non-hydrogen) atoms. The topological polar surface area (TPSA) is 115 Å². The Morgan fingerprint density at radius 2 is 1.84 bits per heavy atom. The molecule has 1 saturated carbocycles. The maximum atomic E-state index is 13.0. The third kappa shape index (κ3) is 6.54. The van der Waals surface area contributed by atoms with E-state index >= 15 is 0 Å². The van der Waals surface area contributed by atoms with E-state index in [0.29, 0.717) is 36.3 Å². The molecule has 0 spiro atoms. The van der Waals surface area contributed by atoms with Crippen LogP contribution in [-0.2, 0) is 9.47 Å². The molecule has 230 valence electrons. The van der Waals surface area contributed by atoms with Crippen molar-refractivity contribution in [1.82, 2.24) is 14.9 Å². The Kier molecular flexibility index (Phi) is 8.78. The van der Waals surface area contributed by atoms with Crippen molar-refractivity contribution < 1.29 is 19.0 Å². The van der Waals surface area contributed by atoms with Gasteiger partial charge in [0.05, 0.1) is 28.9 Å². The summed E-state index contributed by atoms with van der Waals surface area (Å²) in [5, 5.41) is 1.06. The van der Waals surface area contributed by atoms with Crippen LogP contribution in [0.1, 0.15) is 71.1 Å². The zero-order chi connectivity index (χ0) is 30.9. The van der Waals surface area contributed by atoms with Crippen LogP contribution in [0.2, 0.25) is 0 Å². The molecule has 5 rings (SSSR count). The van der Waals surface area contributed by atoms with Gasteiger partial charge in [0.1, 0.15) is 11.4 Å². The Morgan fingerprint density at radius 3 is 2.44 bits per heavy atom. The molecule has 0 bridgehead atoms. The number of carbonyl (C=O) groups is 1. The van der Waals surface area contributed by atoms with Gasteiger partial charge in [-0.3, -0.25) is 9.89 Å². The van der Waals surface area contributed by atoms with Gasteiger partial charge in [-0.2, -0.15) is 0 Å². The number of aliphatic imine (C=N–C) groups is 1. The lowest BCUT2D eigenvalue weighted by atomic mass is 9.81. The Balaban J connectivity index is 1.52. The Bertz CT molecular complexity index is 1500. The van der Waals surface area contributed by atoms with Gasteiger partial charge in [-0.15, -0.1) is 0 Å². The standard InChI is InChI=1S/C33H44N6O4/c1-20-17-38(18-21(2)39(20)32(40)43-33(3,4)5)24-11-12-28-25(14-24)30(22-9-8-10-22)37-31(36-28)26-13-23(16-35-6)27(34)15-29(26)42-19-41-7/h11-16,20-22H,8-10,17-19,34H2,1-7H3/t20-,21+. The zero-order valence-electron chi connectivity index (χ0n) is 26.4. The first-order chi connectivity index (χ1) is 20.5. The molecule has 1 amide bonds. The molecular formula is C33H44N6O4. The van der Waals surface area contributed by atoms with E-state index in [4.69, 9.17) is 29.9 Å². The number of fused-ring (bicyclic) bond motifs is 1. The zero-order valence-corrected chi connectivity index (χ0v) is 26.4. The van der Waals surface area contributed by atoms with E-state index in [1.54, 1.807) is 26.4 Å². The van der Waals surface area contributed by atoms with Gasteiger partial charge in [-0.05, 0) is 71.7 Å². The van der Waals surface area contributed by atoms with Crippen LogP contribution >= 0.6 is 0 Å². The van der Waals surface area contributed by atoms with Crippen molar-refractivity contribution in [2.45, 2.75) is 77.5 Å². The van der Waals surface area contributed by atoms with Gasteiger partial charge in [0.2, 0.25) is 0 Å². The summed E-state index contributed by atoms with van der Waals surface area (Å²) in [6.07, 6.45) is 4.85. The van der Waals surface area contributed by atoms with Crippen LogP contribution in [0.15, 0.2) is 35.3 Å². The van der Waals surface area contributed by atoms with E-state index in [1.165, 1.54) is 6.42 Å². The number of aromatic nitrogens is 2. The Hall–Kier alpha value is -3.92. The van der Waals surface area contributed by atoms with Crippen LogP contribution in [0.5, 0.6) is 5.75 Å². The summed E-state index contributed by atoms with van der Waals surface area (Å²) in [5.41, 5.74) is 10.9. The molecule has 1 aliphatic carbocycles. The molecule has 2 atom stereocenters. The number of anilines is 2. The molecule has 1 saturated heterocycles. The summed E-state index contributed by atoms with van der Waals surface area (Å²) in [4.78, 5) is 31.5. The molecule has 10 nitrogen and oxygen atoms in total. The molecule has 1 aromatic heterocycles. The lowest BCUT2D eigenvalue weighted by molar-refractivity contribution is 0.00565. The molecule has 0 unspecified atom stereocenters. The van der Waals surface area contributed by atoms with Gasteiger partial charge in [-0.1, -0.05) is 6.42 Å². The smallest absolute Gasteiger partial charge is 0.410 e. The third-order valence-electron chi connectivity index (χ3n) is 8.12. The van der Waals surface area contributed by atoms with Gasteiger partial charge in [-0.25, -0.2) is 14.8 Å². The molecule has 2 N–H and O–H groups in total. The quantitative estimate of drug-likeness (QED) is 0.203. The third-order valence-corrected chi connectivity index (χ3v) is 8.12. The molecule has 0 radical (unpaired) electrons. The first-order valence-corrected chi connectivity index (χ1v) is 15.0.